The van der Waals surface area contributed by atoms with Gasteiger partial charge in [-0.2, -0.15) is 0 Å². The van der Waals surface area contributed by atoms with Gasteiger partial charge in [-0.3, -0.25) is 0 Å². The van der Waals surface area contributed by atoms with E-state index in [1.165, 1.54) is 0 Å². The average Bonchev–Trinajstić information content (AvgIpc) is 2.69. The summed E-state index contributed by atoms with van der Waals surface area (Å²) in [5, 5.41) is 17.5. The molecule has 178 valence electrons. The molecular formula is C19H42O10. The quantitative estimate of drug-likeness (QED) is 0.223. The first-order valence-corrected chi connectivity index (χ1v) is 9.92. The Bertz CT molecular complexity index is 269. The summed E-state index contributed by atoms with van der Waals surface area (Å²) in [5.41, 5.74) is 0. The molecule has 0 aromatic heterocycles. The Labute approximate surface area is 175 Å². The Kier molecular flexibility index (Phi) is 31.6. The molecule has 1 unspecified atom stereocenters. The molecular weight excluding hydrogens is 388 g/mol. The van der Waals surface area contributed by atoms with Crippen molar-refractivity contribution in [3.8, 4) is 0 Å². The van der Waals surface area contributed by atoms with Gasteiger partial charge >= 0.3 is 0 Å². The van der Waals surface area contributed by atoms with Crippen molar-refractivity contribution in [1.29, 1.82) is 0 Å². The van der Waals surface area contributed by atoms with Crippen LogP contribution in [-0.2, 0) is 37.9 Å². The van der Waals surface area contributed by atoms with E-state index in [1.807, 2.05) is 0 Å². The number of ether oxygens (including phenoxy) is 8. The predicted molar refractivity (Wildman–Crippen MR) is 107 cm³/mol. The molecule has 29 heavy (non-hydrogen) atoms. The lowest BCUT2D eigenvalue weighted by Crippen LogP contribution is -2.16. The largest absolute Gasteiger partial charge is 0.394 e. The summed E-state index contributed by atoms with van der Waals surface area (Å²) in [6.07, 6.45) is -0.444. The van der Waals surface area contributed by atoms with E-state index < -0.39 is 6.10 Å². The van der Waals surface area contributed by atoms with E-state index in [9.17, 15) is 0 Å². The summed E-state index contributed by atoms with van der Waals surface area (Å²) < 4.78 is 41.1. The van der Waals surface area contributed by atoms with E-state index in [0.717, 1.165) is 0 Å². The summed E-state index contributed by atoms with van der Waals surface area (Å²) >= 11 is 0. The minimum Gasteiger partial charge on any atom is -0.394 e. The zero-order valence-corrected chi connectivity index (χ0v) is 18.3. The zero-order valence-electron chi connectivity index (χ0n) is 18.3. The first-order chi connectivity index (χ1) is 14.2. The predicted octanol–water partition coefficient (Wildman–Crippen LogP) is -0.262. The standard InChI is InChI=1S/C17H36O9.C2H6O/c1-17(19)16-26-15-14-25-13-12-24-11-10-23-9-8-22-7-6-21-5-4-20-3-2-18;1-3-2/h17-19H,2-16H2,1H3;1-2H3. The van der Waals surface area contributed by atoms with E-state index >= 15 is 0 Å². The fraction of sp³-hybridized carbons (Fsp3) is 1.00. The van der Waals surface area contributed by atoms with Crippen LogP contribution in [0.4, 0.5) is 0 Å². The molecule has 10 nitrogen and oxygen atoms in total. The Hall–Kier alpha value is -0.400. The second-order valence-corrected chi connectivity index (χ2v) is 5.73. The molecule has 0 amide bonds. The minimum absolute atomic E-state index is 0.0307. The van der Waals surface area contributed by atoms with E-state index in [-0.39, 0.29) is 6.61 Å². The van der Waals surface area contributed by atoms with Gasteiger partial charge in [0.2, 0.25) is 0 Å². The van der Waals surface area contributed by atoms with Gasteiger partial charge in [0.25, 0.3) is 0 Å². The molecule has 0 aromatic carbocycles. The van der Waals surface area contributed by atoms with Crippen LogP contribution in [0.15, 0.2) is 0 Å². The van der Waals surface area contributed by atoms with Gasteiger partial charge in [-0.05, 0) is 6.92 Å². The lowest BCUT2D eigenvalue weighted by atomic mass is 10.4. The van der Waals surface area contributed by atoms with E-state index in [4.69, 9.17) is 43.4 Å². The number of methoxy groups -OCH3 is 1. The maximum atomic E-state index is 8.99. The molecule has 0 aliphatic heterocycles. The van der Waals surface area contributed by atoms with Crippen molar-refractivity contribution in [3.63, 3.8) is 0 Å². The Morgan fingerprint density at radius 1 is 0.517 bits per heavy atom. The van der Waals surface area contributed by atoms with Crippen molar-refractivity contribution in [2.45, 2.75) is 13.0 Å². The smallest absolute Gasteiger partial charge is 0.0745 e. The van der Waals surface area contributed by atoms with Gasteiger partial charge in [0.05, 0.1) is 105 Å². The minimum atomic E-state index is -0.444. The third-order valence-corrected chi connectivity index (χ3v) is 2.83. The molecule has 2 N–H and O–H groups in total. The molecule has 0 rings (SSSR count). The molecule has 0 aliphatic rings. The van der Waals surface area contributed by atoms with Gasteiger partial charge in [-0.1, -0.05) is 0 Å². The molecule has 1 atom stereocenters. The third-order valence-electron chi connectivity index (χ3n) is 2.83. The van der Waals surface area contributed by atoms with Gasteiger partial charge < -0.3 is 48.1 Å². The summed E-state index contributed by atoms with van der Waals surface area (Å²) in [7, 11) is 3.25. The highest BCUT2D eigenvalue weighted by Crippen LogP contribution is 1.86. The highest BCUT2D eigenvalue weighted by atomic mass is 16.6. The Morgan fingerprint density at radius 3 is 1.00 bits per heavy atom. The third kappa shape index (κ3) is 35.4. The number of rotatable bonds is 22. The molecule has 0 radical (unpaired) electrons. The van der Waals surface area contributed by atoms with Crippen molar-refractivity contribution in [2.24, 2.45) is 0 Å². The van der Waals surface area contributed by atoms with Crippen LogP contribution < -0.4 is 0 Å². The van der Waals surface area contributed by atoms with Gasteiger partial charge in [0, 0.05) is 14.2 Å². The van der Waals surface area contributed by atoms with Crippen LogP contribution in [-0.4, -0.2) is 130 Å². The topological polar surface area (TPSA) is 114 Å². The van der Waals surface area contributed by atoms with Crippen LogP contribution in [0, 0.1) is 0 Å². The summed E-state index contributed by atoms with van der Waals surface area (Å²) in [6.45, 7) is 8.40. The maximum Gasteiger partial charge on any atom is 0.0745 e. The normalized spacial score (nSPS) is 11.9. The molecule has 0 spiro atoms. The van der Waals surface area contributed by atoms with E-state index in [2.05, 4.69) is 4.74 Å². The van der Waals surface area contributed by atoms with Crippen molar-refractivity contribution >= 4 is 0 Å². The first kappa shape index (κ1) is 30.8. The van der Waals surface area contributed by atoms with Crippen LogP contribution in [0.25, 0.3) is 0 Å². The molecule has 0 aliphatic carbocycles. The van der Waals surface area contributed by atoms with Gasteiger partial charge in [0.1, 0.15) is 0 Å². The molecule has 0 saturated carbocycles. The summed E-state index contributed by atoms with van der Waals surface area (Å²) in [6, 6.07) is 0. The van der Waals surface area contributed by atoms with Crippen LogP contribution in [0.1, 0.15) is 6.92 Å². The number of hydrogen-bond donors (Lipinski definition) is 2. The van der Waals surface area contributed by atoms with Gasteiger partial charge in [-0.25, -0.2) is 0 Å². The molecule has 0 heterocycles. The van der Waals surface area contributed by atoms with Crippen LogP contribution in [0.2, 0.25) is 0 Å². The monoisotopic (exact) mass is 430 g/mol. The van der Waals surface area contributed by atoms with E-state index in [0.29, 0.717) is 92.5 Å². The number of hydrogen-bond acceptors (Lipinski definition) is 10. The Balaban J connectivity index is 0. The van der Waals surface area contributed by atoms with Crippen molar-refractivity contribution in [3.05, 3.63) is 0 Å². The molecule has 0 bridgehead atoms. The molecule has 0 fully saturated rings. The summed E-state index contributed by atoms with van der Waals surface area (Å²) in [4.78, 5) is 0. The second kappa shape index (κ2) is 29.8. The average molecular weight is 431 g/mol. The van der Waals surface area contributed by atoms with Gasteiger partial charge in [-0.15, -0.1) is 0 Å². The fourth-order valence-corrected chi connectivity index (χ4v) is 1.64. The van der Waals surface area contributed by atoms with Crippen molar-refractivity contribution in [2.75, 3.05) is 113 Å². The number of aliphatic hydroxyl groups excluding tert-OH is 2. The van der Waals surface area contributed by atoms with Crippen LogP contribution >= 0.6 is 0 Å². The molecule has 0 saturated heterocycles. The Morgan fingerprint density at radius 2 is 0.759 bits per heavy atom. The first-order valence-electron chi connectivity index (χ1n) is 9.92. The maximum absolute atomic E-state index is 8.99. The van der Waals surface area contributed by atoms with Crippen LogP contribution in [0.3, 0.4) is 0 Å². The van der Waals surface area contributed by atoms with Gasteiger partial charge in [0.15, 0.2) is 0 Å². The lowest BCUT2D eigenvalue weighted by Gasteiger charge is -2.08. The SMILES string of the molecule is CC(O)COCCOCCOCCOCCOCCOCCOCCO.COC. The van der Waals surface area contributed by atoms with E-state index in [1.54, 1.807) is 21.1 Å². The van der Waals surface area contributed by atoms with Crippen molar-refractivity contribution in [1.82, 2.24) is 0 Å². The van der Waals surface area contributed by atoms with Crippen LogP contribution in [0.5, 0.6) is 0 Å². The zero-order chi connectivity index (χ0) is 21.8. The molecule has 10 heteroatoms. The highest BCUT2D eigenvalue weighted by Gasteiger charge is 1.96. The fourth-order valence-electron chi connectivity index (χ4n) is 1.64. The number of aliphatic hydroxyl groups is 2. The summed E-state index contributed by atoms with van der Waals surface area (Å²) in [5.74, 6) is 0. The second-order valence-electron chi connectivity index (χ2n) is 5.73. The molecule has 0 aromatic rings. The lowest BCUT2D eigenvalue weighted by molar-refractivity contribution is -0.0250. The highest BCUT2D eigenvalue weighted by molar-refractivity contribution is 4.41. The van der Waals surface area contributed by atoms with Crippen molar-refractivity contribution < 1.29 is 48.1 Å².